The van der Waals surface area contributed by atoms with Gasteiger partial charge in [-0.3, -0.25) is 9.59 Å². The summed E-state index contributed by atoms with van der Waals surface area (Å²) in [4.78, 5) is 23.7. The average Bonchev–Trinajstić information content (AvgIpc) is 2.61. The van der Waals surface area contributed by atoms with Crippen LogP contribution in [0.5, 0.6) is 17.2 Å². The molecule has 0 aliphatic heterocycles. The van der Waals surface area contributed by atoms with Crippen molar-refractivity contribution >= 4 is 17.4 Å². The summed E-state index contributed by atoms with van der Waals surface area (Å²) < 4.78 is 39.8. The highest BCUT2D eigenvalue weighted by molar-refractivity contribution is 5.95. The maximum Gasteiger partial charge on any atom is 0.387 e. The van der Waals surface area contributed by atoms with Gasteiger partial charge in [-0.15, -0.1) is 0 Å². The molecule has 2 aromatic carbocycles. The number of hydrogen-bond acceptors (Lipinski definition) is 5. The second kappa shape index (κ2) is 8.98. The lowest BCUT2D eigenvalue weighted by Crippen LogP contribution is -2.30. The number of carbonyl (C=O) groups is 2. The number of halogens is 2. The van der Waals surface area contributed by atoms with Crippen LogP contribution in [0.15, 0.2) is 42.5 Å². The predicted molar refractivity (Wildman–Crippen MR) is 94.8 cm³/mol. The molecule has 6 nitrogen and oxygen atoms in total. The van der Waals surface area contributed by atoms with E-state index < -0.39 is 18.6 Å². The third-order valence-corrected chi connectivity index (χ3v) is 3.57. The van der Waals surface area contributed by atoms with E-state index in [2.05, 4.69) is 10.1 Å². The monoisotopic (exact) mass is 379 g/mol. The molecule has 0 bridgehead atoms. The van der Waals surface area contributed by atoms with Gasteiger partial charge in [0.25, 0.3) is 5.91 Å². The predicted octanol–water partition coefficient (Wildman–Crippen LogP) is 3.91. The molecule has 27 heavy (non-hydrogen) atoms. The second-order valence-electron chi connectivity index (χ2n) is 5.58. The zero-order valence-electron chi connectivity index (χ0n) is 15.0. The molecule has 0 radical (unpaired) electrons. The van der Waals surface area contributed by atoms with Crippen LogP contribution in [0.1, 0.15) is 24.2 Å². The minimum atomic E-state index is -3.03. The van der Waals surface area contributed by atoms with Crippen LogP contribution in [-0.4, -0.2) is 31.5 Å². The number of ether oxygens (including phenoxy) is 3. The van der Waals surface area contributed by atoms with E-state index in [9.17, 15) is 18.4 Å². The van der Waals surface area contributed by atoms with Gasteiger partial charge in [-0.2, -0.15) is 8.78 Å². The molecular weight excluding hydrogens is 360 g/mol. The largest absolute Gasteiger partial charge is 0.493 e. The van der Waals surface area contributed by atoms with Crippen molar-refractivity contribution in [3.8, 4) is 17.2 Å². The van der Waals surface area contributed by atoms with Crippen LogP contribution in [0, 0.1) is 0 Å². The number of hydrogen-bond donors (Lipinski definition) is 1. The van der Waals surface area contributed by atoms with Crippen molar-refractivity contribution < 1.29 is 32.6 Å². The van der Waals surface area contributed by atoms with Gasteiger partial charge in [0.2, 0.25) is 0 Å². The fourth-order valence-corrected chi connectivity index (χ4v) is 2.23. The van der Waals surface area contributed by atoms with Gasteiger partial charge in [-0.25, -0.2) is 0 Å². The molecule has 1 atom stereocenters. The molecule has 0 saturated carbocycles. The Morgan fingerprint density at radius 1 is 1.04 bits per heavy atom. The highest BCUT2D eigenvalue weighted by Crippen LogP contribution is 2.31. The molecule has 0 spiro atoms. The minimum Gasteiger partial charge on any atom is -0.493 e. The van der Waals surface area contributed by atoms with Crippen molar-refractivity contribution in [2.75, 3.05) is 12.4 Å². The fraction of sp³-hybridized carbons (Fsp3) is 0.263. The van der Waals surface area contributed by atoms with Crippen LogP contribution in [0.4, 0.5) is 14.5 Å². The average molecular weight is 379 g/mol. The van der Waals surface area contributed by atoms with E-state index in [4.69, 9.17) is 9.47 Å². The lowest BCUT2D eigenvalue weighted by Gasteiger charge is -2.16. The van der Waals surface area contributed by atoms with Crippen LogP contribution in [0.25, 0.3) is 0 Å². The molecule has 144 valence electrons. The highest BCUT2D eigenvalue weighted by Gasteiger charge is 2.17. The van der Waals surface area contributed by atoms with Crippen LogP contribution in [-0.2, 0) is 4.79 Å². The Morgan fingerprint density at radius 3 is 2.41 bits per heavy atom. The molecular formula is C19H19F2NO5. The summed E-state index contributed by atoms with van der Waals surface area (Å²) >= 11 is 0. The zero-order valence-corrected chi connectivity index (χ0v) is 15.0. The third-order valence-electron chi connectivity index (χ3n) is 3.57. The summed E-state index contributed by atoms with van der Waals surface area (Å²) in [6.07, 6.45) is -0.895. The first-order valence-corrected chi connectivity index (χ1v) is 8.01. The molecule has 0 aromatic heterocycles. The Kier molecular flexibility index (Phi) is 6.70. The van der Waals surface area contributed by atoms with Crippen molar-refractivity contribution in [3.63, 3.8) is 0 Å². The van der Waals surface area contributed by atoms with E-state index >= 15 is 0 Å². The molecule has 0 heterocycles. The second-order valence-corrected chi connectivity index (χ2v) is 5.58. The molecule has 0 aliphatic carbocycles. The van der Waals surface area contributed by atoms with Gasteiger partial charge in [0.1, 0.15) is 5.75 Å². The Hall–Kier alpha value is -3.16. The maximum absolute atomic E-state index is 12.5. The molecule has 0 fully saturated rings. The van der Waals surface area contributed by atoms with Gasteiger partial charge in [-0.1, -0.05) is 12.1 Å². The van der Waals surface area contributed by atoms with Crippen molar-refractivity contribution in [1.82, 2.24) is 0 Å². The minimum absolute atomic E-state index is 0.110. The van der Waals surface area contributed by atoms with Gasteiger partial charge in [0.05, 0.1) is 7.11 Å². The van der Waals surface area contributed by atoms with Crippen molar-refractivity contribution in [2.45, 2.75) is 26.6 Å². The number of methoxy groups -OCH3 is 1. The summed E-state index contributed by atoms with van der Waals surface area (Å²) in [7, 11) is 1.32. The van der Waals surface area contributed by atoms with E-state index in [0.717, 1.165) is 0 Å². The van der Waals surface area contributed by atoms with E-state index in [1.807, 2.05) is 0 Å². The quantitative estimate of drug-likeness (QED) is 0.704. The van der Waals surface area contributed by atoms with Crippen molar-refractivity contribution in [3.05, 3.63) is 48.0 Å². The van der Waals surface area contributed by atoms with Gasteiger partial charge in [-0.05, 0) is 38.1 Å². The van der Waals surface area contributed by atoms with E-state index in [1.165, 1.54) is 45.2 Å². The van der Waals surface area contributed by atoms with Crippen LogP contribution >= 0.6 is 0 Å². The summed E-state index contributed by atoms with van der Waals surface area (Å²) in [6.45, 7) is -0.0749. The smallest absolute Gasteiger partial charge is 0.387 e. The number of carbonyl (C=O) groups excluding carboxylic acids is 2. The lowest BCUT2D eigenvalue weighted by molar-refractivity contribution is -0.122. The summed E-state index contributed by atoms with van der Waals surface area (Å²) in [6, 6.07) is 10.6. The van der Waals surface area contributed by atoms with E-state index in [0.29, 0.717) is 11.3 Å². The molecule has 1 amide bonds. The Labute approximate surface area is 155 Å². The number of ketones is 1. The van der Waals surface area contributed by atoms with Gasteiger partial charge in [0.15, 0.2) is 23.4 Å². The zero-order chi connectivity index (χ0) is 20.0. The number of Topliss-reactive ketones (excluding diaryl/α,β-unsaturated/α-hetero) is 1. The Bertz CT molecular complexity index is 825. The molecule has 2 rings (SSSR count). The van der Waals surface area contributed by atoms with Gasteiger partial charge >= 0.3 is 6.61 Å². The van der Waals surface area contributed by atoms with Crippen LogP contribution < -0.4 is 19.5 Å². The summed E-state index contributed by atoms with van der Waals surface area (Å²) in [5.74, 6) is -0.354. The van der Waals surface area contributed by atoms with Crippen molar-refractivity contribution in [2.24, 2.45) is 0 Å². The number of nitrogens with one attached hydrogen (secondary N) is 1. The standard InChI is InChI=1S/C19H19F2NO5/c1-11(23)13-5-4-6-15(9-13)26-12(2)18(24)22-14-7-8-16(25-3)17(10-14)27-19(20)21/h4-10,12,19H,1-3H3,(H,22,24). The van der Waals surface area contributed by atoms with Crippen molar-refractivity contribution in [1.29, 1.82) is 0 Å². The van der Waals surface area contributed by atoms with E-state index in [-0.39, 0.29) is 23.0 Å². The summed E-state index contributed by atoms with van der Waals surface area (Å²) in [5.41, 5.74) is 0.702. The molecule has 1 unspecified atom stereocenters. The highest BCUT2D eigenvalue weighted by atomic mass is 19.3. The molecule has 8 heteroatoms. The number of alkyl halides is 2. The molecule has 1 N–H and O–H groups in total. The van der Waals surface area contributed by atoms with Crippen LogP contribution in [0.2, 0.25) is 0 Å². The summed E-state index contributed by atoms with van der Waals surface area (Å²) in [5, 5.41) is 2.55. The molecule has 2 aromatic rings. The molecule has 0 saturated heterocycles. The van der Waals surface area contributed by atoms with E-state index in [1.54, 1.807) is 18.2 Å². The first-order valence-electron chi connectivity index (χ1n) is 8.01. The van der Waals surface area contributed by atoms with Crippen LogP contribution in [0.3, 0.4) is 0 Å². The molecule has 0 aliphatic rings. The number of rotatable bonds is 8. The Morgan fingerprint density at radius 2 is 1.78 bits per heavy atom. The first-order chi connectivity index (χ1) is 12.8. The number of anilines is 1. The van der Waals surface area contributed by atoms with Gasteiger partial charge in [0, 0.05) is 17.3 Å². The third kappa shape index (κ3) is 5.67. The topological polar surface area (TPSA) is 73.9 Å². The number of amides is 1. The fourth-order valence-electron chi connectivity index (χ4n) is 2.23. The SMILES string of the molecule is COc1ccc(NC(=O)C(C)Oc2cccc(C(C)=O)c2)cc1OC(F)F. The lowest BCUT2D eigenvalue weighted by atomic mass is 10.1. The Balaban J connectivity index is 2.07. The maximum atomic E-state index is 12.5. The normalized spacial score (nSPS) is 11.6. The van der Waals surface area contributed by atoms with Gasteiger partial charge < -0.3 is 19.5 Å². The first kappa shape index (κ1) is 20.2. The number of benzene rings is 2.